The molecular formula is C12H19NO4S. The maximum atomic E-state index is 12.1. The average Bonchev–Trinajstić information content (AvgIpc) is 2.36. The summed E-state index contributed by atoms with van der Waals surface area (Å²) in [5, 5.41) is 0. The Morgan fingerprint density at radius 2 is 1.78 bits per heavy atom. The normalized spacial score (nSPS) is 11.3. The first-order valence-corrected chi connectivity index (χ1v) is 7.33. The number of sulfone groups is 1. The molecule has 1 aromatic carbocycles. The summed E-state index contributed by atoms with van der Waals surface area (Å²) in [5.41, 5.74) is 6.22. The van der Waals surface area contributed by atoms with Crippen LogP contribution < -0.4 is 15.2 Å². The van der Waals surface area contributed by atoms with Gasteiger partial charge < -0.3 is 15.2 Å². The van der Waals surface area contributed by atoms with Crippen molar-refractivity contribution in [1.29, 1.82) is 0 Å². The Morgan fingerprint density at radius 3 is 2.22 bits per heavy atom. The van der Waals surface area contributed by atoms with E-state index >= 15 is 0 Å². The van der Waals surface area contributed by atoms with Crippen molar-refractivity contribution in [3.63, 3.8) is 0 Å². The fraction of sp³-hybridized carbons (Fsp3) is 0.500. The molecule has 1 rings (SSSR count). The fourth-order valence-corrected chi connectivity index (χ4v) is 2.98. The van der Waals surface area contributed by atoms with Gasteiger partial charge in [0.1, 0.15) is 16.4 Å². The maximum Gasteiger partial charge on any atom is 0.183 e. The van der Waals surface area contributed by atoms with Crippen LogP contribution in [0.1, 0.15) is 12.5 Å². The summed E-state index contributed by atoms with van der Waals surface area (Å²) in [6.07, 6.45) is 0.733. The van der Waals surface area contributed by atoms with E-state index in [9.17, 15) is 8.42 Å². The van der Waals surface area contributed by atoms with Crippen LogP contribution >= 0.6 is 0 Å². The van der Waals surface area contributed by atoms with Gasteiger partial charge in [0, 0.05) is 12.6 Å². The first-order valence-electron chi connectivity index (χ1n) is 5.67. The molecule has 0 saturated carbocycles. The Morgan fingerprint density at radius 1 is 1.17 bits per heavy atom. The number of methoxy groups -OCH3 is 2. The predicted octanol–water partition coefficient (Wildman–Crippen LogP) is 0.999. The molecule has 0 aliphatic rings. The molecule has 0 heterocycles. The van der Waals surface area contributed by atoms with Crippen LogP contribution in [-0.4, -0.2) is 34.9 Å². The Balaban J connectivity index is 3.43. The summed E-state index contributed by atoms with van der Waals surface area (Å²) in [4.78, 5) is 0.129. The van der Waals surface area contributed by atoms with E-state index in [-0.39, 0.29) is 17.2 Å². The SMILES string of the molecule is CCc1cc(OC)c(S(=O)(=O)CCN)cc1OC. The molecular weight excluding hydrogens is 254 g/mol. The summed E-state index contributed by atoms with van der Waals surface area (Å²) in [5.74, 6) is 0.771. The minimum absolute atomic E-state index is 0.0728. The molecule has 0 radical (unpaired) electrons. The second kappa shape index (κ2) is 6.06. The van der Waals surface area contributed by atoms with E-state index in [1.165, 1.54) is 20.3 Å². The van der Waals surface area contributed by atoms with Crippen molar-refractivity contribution in [3.05, 3.63) is 17.7 Å². The molecule has 102 valence electrons. The van der Waals surface area contributed by atoms with Crippen LogP contribution in [0, 0.1) is 0 Å². The first kappa shape index (κ1) is 14.8. The van der Waals surface area contributed by atoms with Gasteiger partial charge in [-0.25, -0.2) is 8.42 Å². The molecule has 0 bridgehead atoms. The molecule has 6 heteroatoms. The van der Waals surface area contributed by atoms with E-state index < -0.39 is 9.84 Å². The molecule has 18 heavy (non-hydrogen) atoms. The highest BCUT2D eigenvalue weighted by atomic mass is 32.2. The van der Waals surface area contributed by atoms with Crippen molar-refractivity contribution in [3.8, 4) is 11.5 Å². The molecule has 0 aliphatic heterocycles. The zero-order valence-corrected chi connectivity index (χ0v) is 11.7. The average molecular weight is 273 g/mol. The van der Waals surface area contributed by atoms with Crippen LogP contribution in [0.5, 0.6) is 11.5 Å². The minimum atomic E-state index is -3.44. The van der Waals surface area contributed by atoms with Crippen LogP contribution in [0.4, 0.5) is 0 Å². The quantitative estimate of drug-likeness (QED) is 0.836. The lowest BCUT2D eigenvalue weighted by Gasteiger charge is -2.14. The lowest BCUT2D eigenvalue weighted by Crippen LogP contribution is -2.16. The number of hydrogen-bond donors (Lipinski definition) is 1. The molecule has 0 fully saturated rings. The van der Waals surface area contributed by atoms with Gasteiger partial charge in [-0.2, -0.15) is 0 Å². The standard InChI is InChI=1S/C12H19NO4S/c1-4-9-7-11(17-3)12(8-10(9)16-2)18(14,15)6-5-13/h7-8H,4-6,13H2,1-3H3. The number of hydrogen-bond acceptors (Lipinski definition) is 5. The third kappa shape index (κ3) is 2.94. The molecule has 2 N–H and O–H groups in total. The summed E-state index contributed by atoms with van der Waals surface area (Å²) in [6.45, 7) is 2.04. The zero-order valence-electron chi connectivity index (χ0n) is 10.9. The molecule has 0 spiro atoms. The maximum absolute atomic E-state index is 12.1. The van der Waals surface area contributed by atoms with Gasteiger partial charge in [0.2, 0.25) is 0 Å². The van der Waals surface area contributed by atoms with Crippen molar-refractivity contribution in [2.24, 2.45) is 5.73 Å². The van der Waals surface area contributed by atoms with Gasteiger partial charge in [0.25, 0.3) is 0 Å². The molecule has 0 atom stereocenters. The van der Waals surface area contributed by atoms with E-state index in [4.69, 9.17) is 15.2 Å². The number of benzene rings is 1. The second-order valence-corrected chi connectivity index (χ2v) is 5.85. The highest BCUT2D eigenvalue weighted by Crippen LogP contribution is 2.32. The van der Waals surface area contributed by atoms with E-state index in [2.05, 4.69) is 0 Å². The summed E-state index contributed by atoms with van der Waals surface area (Å²) in [7, 11) is -0.479. The van der Waals surface area contributed by atoms with Gasteiger partial charge in [0.15, 0.2) is 9.84 Å². The number of nitrogens with two attached hydrogens (primary N) is 1. The minimum Gasteiger partial charge on any atom is -0.496 e. The van der Waals surface area contributed by atoms with Gasteiger partial charge >= 0.3 is 0 Å². The van der Waals surface area contributed by atoms with Gasteiger partial charge in [-0.1, -0.05) is 6.92 Å². The lowest BCUT2D eigenvalue weighted by molar-refractivity contribution is 0.389. The van der Waals surface area contributed by atoms with Crippen molar-refractivity contribution in [2.75, 3.05) is 26.5 Å². The Hall–Kier alpha value is -1.27. The van der Waals surface area contributed by atoms with Gasteiger partial charge in [-0.3, -0.25) is 0 Å². The summed E-state index contributed by atoms with van der Waals surface area (Å²) >= 11 is 0. The smallest absolute Gasteiger partial charge is 0.183 e. The van der Waals surface area contributed by atoms with E-state index in [0.717, 1.165) is 12.0 Å². The van der Waals surface area contributed by atoms with E-state index in [1.807, 2.05) is 6.92 Å². The molecule has 0 amide bonds. The fourth-order valence-electron chi connectivity index (χ4n) is 1.72. The largest absolute Gasteiger partial charge is 0.496 e. The summed E-state index contributed by atoms with van der Waals surface area (Å²) in [6, 6.07) is 3.20. The second-order valence-electron chi connectivity index (χ2n) is 3.78. The third-order valence-corrected chi connectivity index (χ3v) is 4.43. The van der Waals surface area contributed by atoms with E-state index in [1.54, 1.807) is 6.07 Å². The Bertz CT molecular complexity index is 511. The van der Waals surface area contributed by atoms with Crippen molar-refractivity contribution in [1.82, 2.24) is 0 Å². The van der Waals surface area contributed by atoms with Crippen LogP contribution in [0.15, 0.2) is 17.0 Å². The van der Waals surface area contributed by atoms with E-state index in [0.29, 0.717) is 11.5 Å². The monoisotopic (exact) mass is 273 g/mol. The number of aryl methyl sites for hydroxylation is 1. The Labute approximate surface area is 108 Å². The van der Waals surface area contributed by atoms with Crippen molar-refractivity contribution >= 4 is 9.84 Å². The van der Waals surface area contributed by atoms with Crippen LogP contribution in [-0.2, 0) is 16.3 Å². The van der Waals surface area contributed by atoms with Crippen LogP contribution in [0.25, 0.3) is 0 Å². The third-order valence-electron chi connectivity index (χ3n) is 2.67. The highest BCUT2D eigenvalue weighted by molar-refractivity contribution is 7.91. The van der Waals surface area contributed by atoms with Crippen LogP contribution in [0.2, 0.25) is 0 Å². The molecule has 1 aromatic rings. The topological polar surface area (TPSA) is 78.6 Å². The van der Waals surface area contributed by atoms with Gasteiger partial charge in [-0.05, 0) is 18.1 Å². The van der Waals surface area contributed by atoms with Crippen LogP contribution in [0.3, 0.4) is 0 Å². The molecule has 0 aromatic heterocycles. The number of rotatable bonds is 6. The molecule has 5 nitrogen and oxygen atoms in total. The highest BCUT2D eigenvalue weighted by Gasteiger charge is 2.21. The first-order chi connectivity index (χ1) is 8.50. The molecule has 0 saturated heterocycles. The lowest BCUT2D eigenvalue weighted by atomic mass is 10.1. The predicted molar refractivity (Wildman–Crippen MR) is 70.0 cm³/mol. The van der Waals surface area contributed by atoms with Gasteiger partial charge in [-0.15, -0.1) is 0 Å². The molecule has 0 aliphatic carbocycles. The van der Waals surface area contributed by atoms with Crippen molar-refractivity contribution < 1.29 is 17.9 Å². The Kier molecular flexibility index (Phi) is 4.98. The summed E-state index contributed by atoms with van der Waals surface area (Å²) < 4.78 is 34.5. The number of ether oxygens (including phenoxy) is 2. The van der Waals surface area contributed by atoms with Gasteiger partial charge in [0.05, 0.1) is 20.0 Å². The molecule has 0 unspecified atom stereocenters. The van der Waals surface area contributed by atoms with Crippen molar-refractivity contribution in [2.45, 2.75) is 18.2 Å². The zero-order chi connectivity index (χ0) is 13.8.